The molecule has 18 heavy (non-hydrogen) atoms. The Hall–Kier alpha value is -2.28. The number of hydrogen-bond donors (Lipinski definition) is 0. The van der Waals surface area contributed by atoms with Crippen molar-refractivity contribution in [1.82, 2.24) is 15.0 Å². The maximum Gasteiger partial charge on any atom is 0.313 e. The van der Waals surface area contributed by atoms with Crippen LogP contribution < -0.4 is 4.74 Å². The summed E-state index contributed by atoms with van der Waals surface area (Å²) in [4.78, 5) is 21.7. The molecule has 2 heterocycles. The Labute approximate surface area is 107 Å². The summed E-state index contributed by atoms with van der Waals surface area (Å²) in [5.41, 5.74) is 0.297. The molecule has 0 aliphatic carbocycles. The third-order valence-corrected chi connectivity index (χ3v) is 2.34. The fraction of sp³-hybridized carbons (Fsp3) is 0.100. The van der Waals surface area contributed by atoms with Gasteiger partial charge in [0, 0.05) is 11.8 Å². The predicted molar refractivity (Wildman–Crippen MR) is 63.5 cm³/mol. The topological polar surface area (TPSA) is 91.0 Å². The van der Waals surface area contributed by atoms with Crippen LogP contribution in [0.4, 0.5) is 5.69 Å². The molecule has 92 valence electrons. The molecule has 0 bridgehead atoms. The second-order valence-corrected chi connectivity index (χ2v) is 3.58. The van der Waals surface area contributed by atoms with Gasteiger partial charge in [-0.1, -0.05) is 0 Å². The van der Waals surface area contributed by atoms with Crippen molar-refractivity contribution >= 4 is 17.3 Å². The van der Waals surface area contributed by atoms with Crippen molar-refractivity contribution in [2.75, 3.05) is 7.11 Å². The molecule has 0 spiro atoms. The summed E-state index contributed by atoms with van der Waals surface area (Å²) in [7, 11) is 1.47. The molecule has 0 saturated carbocycles. The second-order valence-electron chi connectivity index (χ2n) is 3.24. The molecule has 0 fully saturated rings. The number of methoxy groups -OCH3 is 1. The van der Waals surface area contributed by atoms with Crippen molar-refractivity contribution < 1.29 is 9.66 Å². The molecule has 2 aromatic heterocycles. The van der Waals surface area contributed by atoms with Crippen LogP contribution in [0.2, 0.25) is 5.28 Å². The van der Waals surface area contributed by atoms with E-state index in [0.29, 0.717) is 11.3 Å². The highest BCUT2D eigenvalue weighted by atomic mass is 35.5. The minimum Gasteiger partial charge on any atom is -0.495 e. The molecule has 0 aliphatic heterocycles. The van der Waals surface area contributed by atoms with Crippen molar-refractivity contribution in [1.29, 1.82) is 0 Å². The van der Waals surface area contributed by atoms with Crippen molar-refractivity contribution in [3.8, 4) is 17.0 Å². The fourth-order valence-electron chi connectivity index (χ4n) is 1.36. The molecule has 0 radical (unpaired) electrons. The van der Waals surface area contributed by atoms with Crippen LogP contribution in [0.1, 0.15) is 0 Å². The normalized spacial score (nSPS) is 10.1. The molecule has 0 aromatic carbocycles. The number of aromatic nitrogens is 3. The summed E-state index contributed by atoms with van der Waals surface area (Å²) in [6.07, 6.45) is 3.98. The molecule has 0 saturated heterocycles. The molecule has 2 aromatic rings. The third kappa shape index (κ3) is 2.35. The minimum absolute atomic E-state index is 0.0709. The zero-order valence-electron chi connectivity index (χ0n) is 9.20. The quantitative estimate of drug-likeness (QED) is 0.480. The van der Waals surface area contributed by atoms with Crippen molar-refractivity contribution in [3.05, 3.63) is 40.1 Å². The van der Waals surface area contributed by atoms with Gasteiger partial charge in [-0.25, -0.2) is 9.97 Å². The van der Waals surface area contributed by atoms with E-state index >= 15 is 0 Å². The van der Waals surface area contributed by atoms with Gasteiger partial charge in [0.15, 0.2) is 5.69 Å². The van der Waals surface area contributed by atoms with Gasteiger partial charge in [-0.15, -0.1) is 0 Å². The number of hydrogen-bond acceptors (Lipinski definition) is 6. The maximum absolute atomic E-state index is 10.9. The maximum atomic E-state index is 10.9. The van der Waals surface area contributed by atoms with Crippen LogP contribution in [0.5, 0.6) is 5.75 Å². The molecule has 7 nitrogen and oxygen atoms in total. The summed E-state index contributed by atoms with van der Waals surface area (Å²) < 4.78 is 5.00. The fourth-order valence-corrected chi connectivity index (χ4v) is 1.49. The van der Waals surface area contributed by atoms with Gasteiger partial charge in [0.25, 0.3) is 0 Å². The molecular weight excluding hydrogens is 260 g/mol. The average Bonchev–Trinajstić information content (AvgIpc) is 2.38. The van der Waals surface area contributed by atoms with E-state index in [-0.39, 0.29) is 16.7 Å². The van der Waals surface area contributed by atoms with Gasteiger partial charge in [-0.2, -0.15) is 0 Å². The van der Waals surface area contributed by atoms with Gasteiger partial charge in [0.1, 0.15) is 11.9 Å². The first-order valence-corrected chi connectivity index (χ1v) is 5.16. The van der Waals surface area contributed by atoms with Gasteiger partial charge >= 0.3 is 5.69 Å². The number of nitro groups is 1. The Bertz CT molecular complexity index is 605. The van der Waals surface area contributed by atoms with Gasteiger partial charge in [0.05, 0.1) is 18.2 Å². The van der Waals surface area contributed by atoms with E-state index < -0.39 is 4.92 Å². The zero-order valence-corrected chi connectivity index (χ0v) is 9.96. The van der Waals surface area contributed by atoms with Gasteiger partial charge in [-0.3, -0.25) is 15.1 Å². The number of nitrogens with zero attached hydrogens (tertiary/aromatic N) is 4. The first kappa shape index (κ1) is 12.2. The van der Waals surface area contributed by atoms with Gasteiger partial charge in [0.2, 0.25) is 5.28 Å². The van der Waals surface area contributed by atoms with Crippen LogP contribution in [0.3, 0.4) is 0 Å². The van der Waals surface area contributed by atoms with Crippen LogP contribution in [0.25, 0.3) is 11.3 Å². The average molecular weight is 267 g/mol. The van der Waals surface area contributed by atoms with Crippen molar-refractivity contribution in [2.24, 2.45) is 0 Å². The minimum atomic E-state index is -0.578. The van der Waals surface area contributed by atoms with Crippen molar-refractivity contribution in [2.45, 2.75) is 0 Å². The van der Waals surface area contributed by atoms with Crippen LogP contribution in [-0.2, 0) is 0 Å². The summed E-state index contributed by atoms with van der Waals surface area (Å²) in [6.45, 7) is 0. The summed E-state index contributed by atoms with van der Waals surface area (Å²) in [6, 6.07) is 1.58. The lowest BCUT2D eigenvalue weighted by Crippen LogP contribution is -1.97. The number of halogens is 1. The molecule has 0 atom stereocenters. The molecule has 2 rings (SSSR count). The zero-order chi connectivity index (χ0) is 13.1. The molecule has 0 N–H and O–H groups in total. The lowest BCUT2D eigenvalue weighted by Gasteiger charge is -2.04. The molecular formula is C10H7ClN4O3. The Morgan fingerprint density at radius 3 is 2.83 bits per heavy atom. The highest BCUT2D eigenvalue weighted by Gasteiger charge is 2.19. The smallest absolute Gasteiger partial charge is 0.313 e. The summed E-state index contributed by atoms with van der Waals surface area (Å²) in [5, 5.41) is 10.8. The Morgan fingerprint density at radius 2 is 2.17 bits per heavy atom. The lowest BCUT2D eigenvalue weighted by molar-refractivity contribution is -0.384. The largest absolute Gasteiger partial charge is 0.495 e. The number of ether oxygens (including phenoxy) is 1. The van der Waals surface area contributed by atoms with E-state index in [1.807, 2.05) is 0 Å². The Kier molecular flexibility index (Phi) is 3.33. The molecule has 0 unspecified atom stereocenters. The van der Waals surface area contributed by atoms with E-state index in [1.165, 1.54) is 19.5 Å². The Morgan fingerprint density at radius 1 is 1.39 bits per heavy atom. The van der Waals surface area contributed by atoms with E-state index in [2.05, 4.69) is 15.0 Å². The second kappa shape index (κ2) is 4.92. The van der Waals surface area contributed by atoms with Crippen LogP contribution >= 0.6 is 11.6 Å². The summed E-state index contributed by atoms with van der Waals surface area (Å²) in [5.74, 6) is 0.469. The Balaban J connectivity index is 2.61. The number of rotatable bonds is 3. The third-order valence-electron chi connectivity index (χ3n) is 2.16. The number of pyridine rings is 1. The van der Waals surface area contributed by atoms with Crippen molar-refractivity contribution in [3.63, 3.8) is 0 Å². The predicted octanol–water partition coefficient (Wildman–Crippen LogP) is 2.11. The highest BCUT2D eigenvalue weighted by molar-refractivity contribution is 6.28. The van der Waals surface area contributed by atoms with E-state index in [9.17, 15) is 10.1 Å². The van der Waals surface area contributed by atoms with Crippen LogP contribution in [-0.4, -0.2) is 27.0 Å². The molecule has 0 aliphatic rings. The van der Waals surface area contributed by atoms with E-state index in [1.54, 1.807) is 6.07 Å². The SMILES string of the molecule is COc1cncc(-c2nc(Cl)ncc2[N+](=O)[O-])c1. The highest BCUT2D eigenvalue weighted by Crippen LogP contribution is 2.29. The van der Waals surface area contributed by atoms with Gasteiger partial charge < -0.3 is 4.74 Å². The molecule has 0 amide bonds. The van der Waals surface area contributed by atoms with Gasteiger partial charge in [-0.05, 0) is 17.7 Å². The van der Waals surface area contributed by atoms with Crippen LogP contribution in [0, 0.1) is 10.1 Å². The monoisotopic (exact) mass is 266 g/mol. The standard InChI is InChI=1S/C10H7ClN4O3/c1-18-7-2-6(3-12-4-7)9-8(15(16)17)5-13-10(11)14-9/h2-5H,1H3. The van der Waals surface area contributed by atoms with Crippen LogP contribution in [0.15, 0.2) is 24.7 Å². The summed E-state index contributed by atoms with van der Waals surface area (Å²) >= 11 is 5.65. The lowest BCUT2D eigenvalue weighted by atomic mass is 10.2. The first-order chi connectivity index (χ1) is 8.61. The van der Waals surface area contributed by atoms with E-state index in [4.69, 9.17) is 16.3 Å². The first-order valence-electron chi connectivity index (χ1n) is 4.78. The molecule has 8 heteroatoms. The van der Waals surface area contributed by atoms with E-state index in [0.717, 1.165) is 6.20 Å².